The number of rotatable bonds is 5. The molecule has 0 fully saturated rings. The molecular formula is C15H24OS. The molecule has 0 aromatic heterocycles. The maximum Gasteiger partial charge on any atom is 0.123 e. The Bertz CT molecular complexity index is 352. The van der Waals surface area contributed by atoms with Crippen LogP contribution in [0.5, 0.6) is 5.75 Å². The fraction of sp³-hybridized carbons (Fsp3) is 0.600. The predicted molar refractivity (Wildman–Crippen MR) is 78.5 cm³/mol. The van der Waals surface area contributed by atoms with Crippen molar-refractivity contribution in [3.8, 4) is 5.75 Å². The Hall–Kier alpha value is -0.630. The minimum Gasteiger partial charge on any atom is -0.493 e. The van der Waals surface area contributed by atoms with Crippen molar-refractivity contribution < 1.29 is 4.74 Å². The SMILES string of the molecule is Cc1ccc(OCCCCS)c(C(C)(C)C)c1. The van der Waals surface area contributed by atoms with Crippen LogP contribution in [0, 0.1) is 6.92 Å². The zero-order valence-corrected chi connectivity index (χ0v) is 12.3. The second-order valence-corrected chi connectivity index (χ2v) is 5.98. The summed E-state index contributed by atoms with van der Waals surface area (Å²) in [7, 11) is 0. The highest BCUT2D eigenvalue weighted by Gasteiger charge is 2.18. The van der Waals surface area contributed by atoms with E-state index in [1.807, 2.05) is 0 Å². The van der Waals surface area contributed by atoms with Crippen LogP contribution in [-0.4, -0.2) is 12.4 Å². The van der Waals surface area contributed by atoms with Crippen molar-refractivity contribution in [3.63, 3.8) is 0 Å². The molecule has 0 aliphatic rings. The largest absolute Gasteiger partial charge is 0.493 e. The van der Waals surface area contributed by atoms with Crippen LogP contribution in [0.3, 0.4) is 0 Å². The molecule has 0 aliphatic carbocycles. The standard InChI is InChI=1S/C15H24OS/c1-12-7-8-14(16-9-5-6-10-17)13(11-12)15(2,3)4/h7-8,11,17H,5-6,9-10H2,1-4H3. The first-order valence-corrected chi connectivity index (χ1v) is 6.93. The van der Waals surface area contributed by atoms with Gasteiger partial charge in [0.2, 0.25) is 0 Å². The molecule has 1 aromatic rings. The third-order valence-electron chi connectivity index (χ3n) is 2.75. The average Bonchev–Trinajstić information content (AvgIpc) is 2.25. The van der Waals surface area contributed by atoms with Crippen LogP contribution in [0.25, 0.3) is 0 Å². The number of thiol groups is 1. The molecule has 0 bridgehead atoms. The van der Waals surface area contributed by atoms with Gasteiger partial charge >= 0.3 is 0 Å². The fourth-order valence-electron chi connectivity index (χ4n) is 1.75. The van der Waals surface area contributed by atoms with Crippen LogP contribution >= 0.6 is 12.6 Å². The summed E-state index contributed by atoms with van der Waals surface area (Å²) in [6.07, 6.45) is 2.18. The van der Waals surface area contributed by atoms with Crippen molar-refractivity contribution in [1.29, 1.82) is 0 Å². The number of unbranched alkanes of at least 4 members (excludes halogenated alkanes) is 1. The molecule has 0 heterocycles. The fourth-order valence-corrected chi connectivity index (χ4v) is 1.98. The Balaban J connectivity index is 2.77. The number of hydrogen-bond acceptors (Lipinski definition) is 2. The van der Waals surface area contributed by atoms with E-state index < -0.39 is 0 Å². The molecule has 0 spiro atoms. The molecule has 0 saturated carbocycles. The van der Waals surface area contributed by atoms with Crippen LogP contribution < -0.4 is 4.74 Å². The Kier molecular flexibility index (Phi) is 5.38. The molecule has 0 unspecified atom stereocenters. The summed E-state index contributed by atoms with van der Waals surface area (Å²) in [5.74, 6) is 1.96. The zero-order valence-electron chi connectivity index (χ0n) is 11.4. The summed E-state index contributed by atoms with van der Waals surface area (Å²) < 4.78 is 5.89. The lowest BCUT2D eigenvalue weighted by molar-refractivity contribution is 0.301. The van der Waals surface area contributed by atoms with Crippen molar-refractivity contribution in [2.45, 2.75) is 46.0 Å². The number of benzene rings is 1. The number of ether oxygens (including phenoxy) is 1. The quantitative estimate of drug-likeness (QED) is 0.604. The van der Waals surface area contributed by atoms with E-state index in [-0.39, 0.29) is 5.41 Å². The molecular weight excluding hydrogens is 228 g/mol. The van der Waals surface area contributed by atoms with Crippen molar-refractivity contribution in [1.82, 2.24) is 0 Å². The van der Waals surface area contributed by atoms with E-state index in [9.17, 15) is 0 Å². The molecule has 0 radical (unpaired) electrons. The second kappa shape index (κ2) is 6.34. The van der Waals surface area contributed by atoms with Crippen LogP contribution in [0.1, 0.15) is 44.7 Å². The van der Waals surface area contributed by atoms with E-state index in [0.29, 0.717) is 0 Å². The Morgan fingerprint density at radius 3 is 2.47 bits per heavy atom. The van der Waals surface area contributed by atoms with E-state index in [1.54, 1.807) is 0 Å². The minimum absolute atomic E-state index is 0.130. The Morgan fingerprint density at radius 1 is 1.18 bits per heavy atom. The van der Waals surface area contributed by atoms with Gasteiger partial charge < -0.3 is 4.74 Å². The Morgan fingerprint density at radius 2 is 1.88 bits per heavy atom. The van der Waals surface area contributed by atoms with E-state index in [1.165, 1.54) is 11.1 Å². The molecule has 0 N–H and O–H groups in total. The summed E-state index contributed by atoms with van der Waals surface area (Å²) in [5, 5.41) is 0. The molecule has 1 rings (SSSR count). The minimum atomic E-state index is 0.130. The van der Waals surface area contributed by atoms with Crippen LogP contribution in [0.15, 0.2) is 18.2 Å². The summed E-state index contributed by atoms with van der Waals surface area (Å²) in [4.78, 5) is 0. The smallest absolute Gasteiger partial charge is 0.123 e. The summed E-state index contributed by atoms with van der Waals surface area (Å²) >= 11 is 4.20. The lowest BCUT2D eigenvalue weighted by atomic mass is 9.85. The van der Waals surface area contributed by atoms with Gasteiger partial charge in [0.05, 0.1) is 6.61 Å². The van der Waals surface area contributed by atoms with Crippen molar-refractivity contribution in [3.05, 3.63) is 29.3 Å². The second-order valence-electron chi connectivity index (χ2n) is 5.53. The van der Waals surface area contributed by atoms with Gasteiger partial charge in [-0.3, -0.25) is 0 Å². The van der Waals surface area contributed by atoms with E-state index in [2.05, 4.69) is 58.5 Å². The van der Waals surface area contributed by atoms with Gasteiger partial charge in [0, 0.05) is 0 Å². The molecule has 0 aliphatic heterocycles. The molecule has 0 saturated heterocycles. The number of aryl methyl sites for hydroxylation is 1. The first-order valence-electron chi connectivity index (χ1n) is 6.30. The summed E-state index contributed by atoms with van der Waals surface area (Å²) in [6.45, 7) is 9.58. The third kappa shape index (κ3) is 4.63. The van der Waals surface area contributed by atoms with Crippen LogP contribution in [0.2, 0.25) is 0 Å². The van der Waals surface area contributed by atoms with E-state index >= 15 is 0 Å². The van der Waals surface area contributed by atoms with Gasteiger partial charge in [0.1, 0.15) is 5.75 Å². The van der Waals surface area contributed by atoms with Gasteiger partial charge in [-0.05, 0) is 42.6 Å². The van der Waals surface area contributed by atoms with Gasteiger partial charge in [0.15, 0.2) is 0 Å². The van der Waals surface area contributed by atoms with Gasteiger partial charge in [-0.1, -0.05) is 38.5 Å². The highest BCUT2D eigenvalue weighted by atomic mass is 32.1. The molecule has 1 aromatic carbocycles. The van der Waals surface area contributed by atoms with Crippen molar-refractivity contribution >= 4 is 12.6 Å². The first kappa shape index (κ1) is 14.4. The summed E-state index contributed by atoms with van der Waals surface area (Å²) in [6, 6.07) is 6.44. The Labute approximate surface area is 111 Å². The third-order valence-corrected chi connectivity index (χ3v) is 3.07. The van der Waals surface area contributed by atoms with E-state index in [0.717, 1.165) is 31.0 Å². The highest BCUT2D eigenvalue weighted by molar-refractivity contribution is 7.80. The molecule has 17 heavy (non-hydrogen) atoms. The maximum absolute atomic E-state index is 5.89. The maximum atomic E-state index is 5.89. The monoisotopic (exact) mass is 252 g/mol. The predicted octanol–water partition coefficient (Wildman–Crippen LogP) is 4.38. The van der Waals surface area contributed by atoms with Gasteiger partial charge in [-0.25, -0.2) is 0 Å². The van der Waals surface area contributed by atoms with E-state index in [4.69, 9.17) is 4.74 Å². The van der Waals surface area contributed by atoms with Gasteiger partial charge in [0.25, 0.3) is 0 Å². The summed E-state index contributed by atoms with van der Waals surface area (Å²) in [5.41, 5.74) is 2.71. The average molecular weight is 252 g/mol. The van der Waals surface area contributed by atoms with Crippen LogP contribution in [0.4, 0.5) is 0 Å². The molecule has 1 nitrogen and oxygen atoms in total. The van der Waals surface area contributed by atoms with Crippen molar-refractivity contribution in [2.75, 3.05) is 12.4 Å². The molecule has 0 atom stereocenters. The van der Waals surface area contributed by atoms with Gasteiger partial charge in [-0.15, -0.1) is 0 Å². The lowest BCUT2D eigenvalue weighted by Gasteiger charge is -2.23. The zero-order chi connectivity index (χ0) is 12.9. The highest BCUT2D eigenvalue weighted by Crippen LogP contribution is 2.32. The first-order chi connectivity index (χ1) is 7.95. The topological polar surface area (TPSA) is 9.23 Å². The molecule has 96 valence electrons. The van der Waals surface area contributed by atoms with Gasteiger partial charge in [-0.2, -0.15) is 12.6 Å². The lowest BCUT2D eigenvalue weighted by Crippen LogP contribution is -2.14. The number of hydrogen-bond donors (Lipinski definition) is 1. The van der Waals surface area contributed by atoms with Crippen molar-refractivity contribution in [2.24, 2.45) is 0 Å². The van der Waals surface area contributed by atoms with Crippen LogP contribution in [-0.2, 0) is 5.41 Å². The molecule has 2 heteroatoms. The molecule has 0 amide bonds. The normalized spacial score (nSPS) is 11.6.